The maximum atomic E-state index is 12.9. The summed E-state index contributed by atoms with van der Waals surface area (Å²) in [4.78, 5) is 12.9. The number of carbonyl (C=O) groups is 1. The number of aliphatic hydroxyl groups is 3. The van der Waals surface area contributed by atoms with E-state index >= 15 is 0 Å². The van der Waals surface area contributed by atoms with Crippen LogP contribution in [0.25, 0.3) is 0 Å². The minimum absolute atomic E-state index is 0.00624. The van der Waals surface area contributed by atoms with Gasteiger partial charge in [0.1, 0.15) is 30.5 Å². The van der Waals surface area contributed by atoms with Crippen LogP contribution in [0.2, 0.25) is 0 Å². The van der Waals surface area contributed by atoms with Gasteiger partial charge >= 0.3 is 16.4 Å². The summed E-state index contributed by atoms with van der Waals surface area (Å²) in [7, 11) is -5.08. The van der Waals surface area contributed by atoms with Crippen molar-refractivity contribution in [3.63, 3.8) is 0 Å². The Morgan fingerprint density at radius 2 is 1.08 bits per heavy atom. The van der Waals surface area contributed by atoms with Crippen LogP contribution in [-0.2, 0) is 38.3 Å². The number of aliphatic hydroxyl groups excluding tert-OH is 3. The third-order valence-corrected chi connectivity index (χ3v) is 11.0. The number of hydrogen-bond donors (Lipinski definition) is 4. The maximum absolute atomic E-state index is 12.9. The first-order valence-corrected chi connectivity index (χ1v) is 25.7. The van der Waals surface area contributed by atoms with Gasteiger partial charge in [-0.25, -0.2) is 4.18 Å². The minimum atomic E-state index is -5.08. The van der Waals surface area contributed by atoms with E-state index in [-0.39, 0.29) is 19.6 Å². The molecule has 0 saturated carbocycles. The van der Waals surface area contributed by atoms with Gasteiger partial charge in [-0.15, -0.1) is 0 Å². The molecule has 13 heteroatoms. The molecule has 368 valence electrons. The van der Waals surface area contributed by atoms with E-state index < -0.39 is 59.8 Å². The topological polar surface area (TPSA) is 178 Å². The number of hydrogen-bond acceptors (Lipinski definition) is 11. The van der Waals surface area contributed by atoms with Crippen LogP contribution in [0.1, 0.15) is 168 Å². The lowest BCUT2D eigenvalue weighted by molar-refractivity contribution is -0.301. The number of carbonyl (C=O) groups excluding carboxylic acids is 1. The molecule has 0 aliphatic carbocycles. The second kappa shape index (κ2) is 41.7. The predicted molar refractivity (Wildman–Crippen MR) is 257 cm³/mol. The Balaban J connectivity index is 2.43. The summed E-state index contributed by atoms with van der Waals surface area (Å²) >= 11 is 0. The highest BCUT2D eigenvalue weighted by Gasteiger charge is 2.48. The molecule has 0 aromatic heterocycles. The van der Waals surface area contributed by atoms with Gasteiger partial charge in [0.25, 0.3) is 0 Å². The predicted octanol–water partition coefficient (Wildman–Crippen LogP) is 10.9. The van der Waals surface area contributed by atoms with E-state index in [0.717, 1.165) is 64.2 Å². The summed E-state index contributed by atoms with van der Waals surface area (Å²) in [6, 6.07) is 0. The molecular formula is C51H86O12S. The highest BCUT2D eigenvalue weighted by Crippen LogP contribution is 2.26. The van der Waals surface area contributed by atoms with Crippen LogP contribution in [0, 0.1) is 0 Å². The highest BCUT2D eigenvalue weighted by molar-refractivity contribution is 7.80. The minimum Gasteiger partial charge on any atom is -0.457 e. The molecule has 0 amide bonds. The van der Waals surface area contributed by atoms with Gasteiger partial charge in [0.2, 0.25) is 0 Å². The fourth-order valence-corrected chi connectivity index (χ4v) is 7.36. The zero-order valence-electron chi connectivity index (χ0n) is 39.3. The Hall–Kier alpha value is -2.72. The number of ether oxygens (including phenoxy) is 4. The monoisotopic (exact) mass is 923 g/mol. The number of rotatable bonds is 41. The Labute approximate surface area is 387 Å². The third-order valence-electron chi connectivity index (χ3n) is 10.5. The van der Waals surface area contributed by atoms with Crippen molar-refractivity contribution in [2.45, 2.75) is 205 Å². The van der Waals surface area contributed by atoms with Gasteiger partial charge in [0.15, 0.2) is 6.29 Å². The van der Waals surface area contributed by atoms with Gasteiger partial charge < -0.3 is 34.3 Å². The summed E-state index contributed by atoms with van der Waals surface area (Å²) in [5, 5.41) is 30.7. The van der Waals surface area contributed by atoms with E-state index in [9.17, 15) is 33.1 Å². The Bertz CT molecular complexity index is 1440. The molecule has 1 aliphatic heterocycles. The van der Waals surface area contributed by atoms with E-state index in [1.807, 2.05) is 6.08 Å². The van der Waals surface area contributed by atoms with Crippen molar-refractivity contribution in [2.24, 2.45) is 0 Å². The first-order valence-electron chi connectivity index (χ1n) is 24.3. The van der Waals surface area contributed by atoms with Gasteiger partial charge in [-0.2, -0.15) is 8.42 Å². The lowest BCUT2D eigenvalue weighted by Gasteiger charge is -2.41. The maximum Gasteiger partial charge on any atom is 0.397 e. The van der Waals surface area contributed by atoms with E-state index in [1.165, 1.54) is 70.6 Å². The molecule has 6 atom stereocenters. The summed E-state index contributed by atoms with van der Waals surface area (Å²) in [5.74, 6) is -0.459. The van der Waals surface area contributed by atoms with Crippen LogP contribution in [0.3, 0.4) is 0 Å². The number of allylic oxidation sites excluding steroid dienone is 14. The Morgan fingerprint density at radius 3 is 1.58 bits per heavy atom. The van der Waals surface area contributed by atoms with E-state index in [0.29, 0.717) is 19.4 Å². The molecule has 0 aromatic carbocycles. The Morgan fingerprint density at radius 1 is 0.609 bits per heavy atom. The molecule has 12 nitrogen and oxygen atoms in total. The summed E-state index contributed by atoms with van der Waals surface area (Å²) < 4.78 is 59.1. The summed E-state index contributed by atoms with van der Waals surface area (Å²) in [6.45, 7) is 3.76. The second-order valence-electron chi connectivity index (χ2n) is 16.3. The molecule has 0 aromatic rings. The smallest absolute Gasteiger partial charge is 0.397 e. The van der Waals surface area contributed by atoms with Crippen molar-refractivity contribution >= 4 is 16.4 Å². The second-order valence-corrected chi connectivity index (χ2v) is 17.4. The van der Waals surface area contributed by atoms with Crippen molar-refractivity contribution in [3.8, 4) is 0 Å². The largest absolute Gasteiger partial charge is 0.457 e. The molecule has 1 fully saturated rings. The van der Waals surface area contributed by atoms with Gasteiger partial charge in [0, 0.05) is 13.0 Å². The van der Waals surface area contributed by atoms with Crippen molar-refractivity contribution in [2.75, 3.05) is 26.4 Å². The molecule has 1 aliphatic rings. The molecule has 1 saturated heterocycles. The summed E-state index contributed by atoms with van der Waals surface area (Å²) in [5.41, 5.74) is 0. The van der Waals surface area contributed by atoms with Gasteiger partial charge in [-0.3, -0.25) is 9.35 Å². The molecule has 1 heterocycles. The standard InChI is InChI=1S/C51H86O12S/c1-3-5-7-9-11-13-15-17-19-21-22-23-25-27-29-31-33-35-37-39-41-59-43-45(44-60-51-49(55)50(63-64(56,57)58)48(54)46(42-52)62-51)61-47(53)40-38-36-34-32-30-28-26-24-20-18-16-14-12-10-8-6-4-2/h6,8,11-14,17-20,26,28,32,34,45-46,48-52,54-55H,3-5,7,9-10,15-16,21-25,27,29-31,33,35-44H2,1-2H3,(H,56,57,58)/b8-6-,13-11-,14-12-,19-17-,20-18-,28-26-,34-32-. The molecule has 0 bridgehead atoms. The zero-order chi connectivity index (χ0) is 46.8. The molecular weight excluding hydrogens is 837 g/mol. The van der Waals surface area contributed by atoms with Crippen molar-refractivity contribution in [3.05, 3.63) is 85.1 Å². The van der Waals surface area contributed by atoms with E-state index in [4.69, 9.17) is 18.9 Å². The average Bonchev–Trinajstić information content (AvgIpc) is 3.27. The van der Waals surface area contributed by atoms with Crippen LogP contribution in [0.15, 0.2) is 85.1 Å². The first kappa shape index (κ1) is 59.3. The fraction of sp³-hybridized carbons (Fsp3) is 0.706. The van der Waals surface area contributed by atoms with Crippen molar-refractivity contribution in [1.29, 1.82) is 0 Å². The lowest BCUT2D eigenvalue weighted by atomic mass is 9.99. The van der Waals surface area contributed by atoms with Crippen LogP contribution in [0.4, 0.5) is 0 Å². The van der Waals surface area contributed by atoms with Crippen LogP contribution in [-0.4, -0.2) is 97.5 Å². The van der Waals surface area contributed by atoms with Crippen molar-refractivity contribution < 1.29 is 56.2 Å². The van der Waals surface area contributed by atoms with E-state index in [2.05, 4.69) is 97.0 Å². The fourth-order valence-electron chi connectivity index (χ4n) is 6.86. The van der Waals surface area contributed by atoms with Gasteiger partial charge in [0.05, 0.1) is 19.8 Å². The van der Waals surface area contributed by atoms with E-state index in [1.54, 1.807) is 0 Å². The number of unbranched alkanes of at least 4 members (excludes halogenated alkanes) is 14. The van der Waals surface area contributed by atoms with Gasteiger partial charge in [-0.1, -0.05) is 163 Å². The molecule has 6 unspecified atom stereocenters. The SMILES string of the molecule is CC/C=C\C/C=C\C/C=C\C/C=C\C/C=C\CCCC(=O)OC(COCCCCCCCCCCCC/C=C\C/C=C\CCCCC)COC1OC(CO)C(O)C(OS(=O)(=O)O)C1O. The molecule has 1 rings (SSSR count). The first-order chi connectivity index (χ1) is 31.1. The van der Waals surface area contributed by atoms with Gasteiger partial charge in [-0.05, 0) is 83.5 Å². The average molecular weight is 923 g/mol. The van der Waals surface area contributed by atoms with Crippen LogP contribution >= 0.6 is 0 Å². The number of esters is 1. The van der Waals surface area contributed by atoms with Crippen LogP contribution < -0.4 is 0 Å². The molecule has 4 N–H and O–H groups in total. The molecule has 64 heavy (non-hydrogen) atoms. The quantitative estimate of drug-likeness (QED) is 0.0198. The van der Waals surface area contributed by atoms with Crippen molar-refractivity contribution in [1.82, 2.24) is 0 Å². The van der Waals surface area contributed by atoms with Crippen LogP contribution in [0.5, 0.6) is 0 Å². The Kier molecular flexibility index (Phi) is 38.6. The lowest BCUT2D eigenvalue weighted by Crippen LogP contribution is -2.60. The zero-order valence-corrected chi connectivity index (χ0v) is 40.1. The summed E-state index contributed by atoms with van der Waals surface area (Å²) in [6.07, 6.45) is 46.2. The highest BCUT2D eigenvalue weighted by atomic mass is 32.3. The third kappa shape index (κ3) is 34.6. The normalized spacial score (nSPS) is 20.5. The molecule has 0 spiro atoms. The molecule has 0 radical (unpaired) electrons.